The van der Waals surface area contributed by atoms with E-state index in [1.165, 1.54) is 0 Å². The number of pyridine rings is 1. The summed E-state index contributed by atoms with van der Waals surface area (Å²) in [5, 5.41) is 13.4. The molecule has 0 bridgehead atoms. The Bertz CT molecular complexity index is 1030. The van der Waals surface area contributed by atoms with Gasteiger partial charge in [0.25, 0.3) is 0 Å². The van der Waals surface area contributed by atoms with Gasteiger partial charge in [-0.1, -0.05) is 41.7 Å². The van der Waals surface area contributed by atoms with Crippen molar-refractivity contribution in [1.82, 2.24) is 4.98 Å². The van der Waals surface area contributed by atoms with Crippen LogP contribution in [0.2, 0.25) is 15.1 Å². The molecule has 0 saturated carbocycles. The third kappa shape index (κ3) is 6.78. The molecule has 29 heavy (non-hydrogen) atoms. The van der Waals surface area contributed by atoms with Gasteiger partial charge < -0.3 is 15.2 Å². The molecule has 1 heterocycles. The molecular formula is C20H17Cl3N2O4. The first-order valence-corrected chi connectivity index (χ1v) is 9.58. The van der Waals surface area contributed by atoms with E-state index in [9.17, 15) is 9.59 Å². The van der Waals surface area contributed by atoms with Crippen LogP contribution in [-0.2, 0) is 9.59 Å². The van der Waals surface area contributed by atoms with Crippen LogP contribution in [0, 0.1) is 0 Å². The summed E-state index contributed by atoms with van der Waals surface area (Å²) in [6.07, 6.45) is 2.05. The van der Waals surface area contributed by atoms with Crippen LogP contribution in [0.5, 0.6) is 5.75 Å². The maximum atomic E-state index is 11.0. The average molecular weight is 456 g/mol. The molecule has 1 amide bonds. The smallest absolute Gasteiger partial charge is 0.341 e. The molecule has 152 valence electrons. The number of nitrogens with one attached hydrogen (secondary N) is 1. The number of carbonyl (C=O) groups is 2. The molecule has 0 fully saturated rings. The summed E-state index contributed by atoms with van der Waals surface area (Å²) >= 11 is 17.4. The van der Waals surface area contributed by atoms with Gasteiger partial charge in [0.1, 0.15) is 11.3 Å². The van der Waals surface area contributed by atoms with E-state index in [1.54, 1.807) is 55.6 Å². The maximum Gasteiger partial charge on any atom is 0.341 e. The Balaban J connectivity index is 0.000000212. The van der Waals surface area contributed by atoms with Crippen molar-refractivity contribution < 1.29 is 19.4 Å². The zero-order valence-corrected chi connectivity index (χ0v) is 17.6. The Hall–Kier alpha value is -2.54. The van der Waals surface area contributed by atoms with E-state index in [1.807, 2.05) is 0 Å². The summed E-state index contributed by atoms with van der Waals surface area (Å²) in [4.78, 5) is 25.5. The van der Waals surface area contributed by atoms with Crippen molar-refractivity contribution in [3.63, 3.8) is 0 Å². The number of anilines is 1. The number of hydrogen-bond donors (Lipinski definition) is 2. The molecule has 1 aromatic heterocycles. The van der Waals surface area contributed by atoms with Crippen molar-refractivity contribution in [2.45, 2.75) is 13.3 Å². The lowest BCUT2D eigenvalue weighted by Crippen LogP contribution is -2.09. The summed E-state index contributed by atoms with van der Waals surface area (Å²) < 4.78 is 5.12. The number of ether oxygens (including phenoxy) is 1. The number of rotatable bonds is 5. The monoisotopic (exact) mass is 454 g/mol. The highest BCUT2D eigenvalue weighted by molar-refractivity contribution is 6.42. The van der Waals surface area contributed by atoms with E-state index in [0.29, 0.717) is 38.4 Å². The van der Waals surface area contributed by atoms with Gasteiger partial charge >= 0.3 is 5.97 Å². The van der Waals surface area contributed by atoms with Crippen molar-refractivity contribution in [2.75, 3.05) is 11.9 Å². The second-order valence-corrected chi connectivity index (χ2v) is 6.88. The molecule has 0 aliphatic heterocycles. The molecule has 0 atom stereocenters. The fourth-order valence-corrected chi connectivity index (χ4v) is 2.70. The van der Waals surface area contributed by atoms with Gasteiger partial charge in [0.2, 0.25) is 5.91 Å². The SMILES string of the molecule is CCC(=O)Nc1ccc(Cl)c(Cl)c1.O=C(O)COc1ccc(Cl)c2cccnc12. The van der Waals surface area contributed by atoms with E-state index in [0.717, 1.165) is 5.39 Å². The number of halogens is 3. The number of carbonyl (C=O) groups excluding carboxylic acids is 1. The van der Waals surface area contributed by atoms with Crippen LogP contribution >= 0.6 is 34.8 Å². The largest absolute Gasteiger partial charge is 0.480 e. The normalized spacial score (nSPS) is 10.1. The molecule has 3 rings (SSSR count). The summed E-state index contributed by atoms with van der Waals surface area (Å²) in [5.74, 6) is -0.653. The second-order valence-electron chi connectivity index (χ2n) is 5.66. The molecule has 0 saturated heterocycles. The fraction of sp³-hybridized carbons (Fsp3) is 0.150. The van der Waals surface area contributed by atoms with Crippen molar-refractivity contribution in [2.24, 2.45) is 0 Å². The Labute approximate surface area is 182 Å². The highest BCUT2D eigenvalue weighted by atomic mass is 35.5. The van der Waals surface area contributed by atoms with Gasteiger partial charge in [-0.15, -0.1) is 0 Å². The van der Waals surface area contributed by atoms with Crippen molar-refractivity contribution in [3.8, 4) is 5.75 Å². The lowest BCUT2D eigenvalue weighted by molar-refractivity contribution is -0.139. The Morgan fingerprint density at radius 2 is 1.79 bits per heavy atom. The highest BCUT2D eigenvalue weighted by Gasteiger charge is 2.08. The van der Waals surface area contributed by atoms with Crippen molar-refractivity contribution in [1.29, 1.82) is 0 Å². The predicted molar refractivity (Wildman–Crippen MR) is 115 cm³/mol. The van der Waals surface area contributed by atoms with E-state index in [4.69, 9.17) is 44.6 Å². The number of hydrogen-bond acceptors (Lipinski definition) is 4. The number of benzene rings is 2. The number of carboxylic acids is 1. The maximum absolute atomic E-state index is 11.0. The van der Waals surface area contributed by atoms with Gasteiger partial charge in [0.05, 0.1) is 15.1 Å². The Kier molecular flexibility index (Phi) is 8.51. The molecule has 0 aliphatic carbocycles. The van der Waals surface area contributed by atoms with Gasteiger partial charge in [-0.2, -0.15) is 0 Å². The minimum atomic E-state index is -1.03. The molecule has 0 aliphatic rings. The quantitative estimate of drug-likeness (QED) is 0.515. The van der Waals surface area contributed by atoms with E-state index >= 15 is 0 Å². The van der Waals surface area contributed by atoms with Crippen molar-refractivity contribution >= 4 is 63.3 Å². The van der Waals surface area contributed by atoms with Crippen LogP contribution in [0.25, 0.3) is 10.9 Å². The van der Waals surface area contributed by atoms with E-state index in [-0.39, 0.29) is 5.91 Å². The summed E-state index contributed by atoms with van der Waals surface area (Å²) in [7, 11) is 0. The van der Waals surface area contributed by atoms with Gasteiger partial charge in [0.15, 0.2) is 6.61 Å². The molecular weight excluding hydrogens is 439 g/mol. The van der Waals surface area contributed by atoms with Crippen LogP contribution in [0.1, 0.15) is 13.3 Å². The van der Waals surface area contributed by atoms with Crippen LogP contribution in [0.4, 0.5) is 5.69 Å². The van der Waals surface area contributed by atoms with Gasteiger partial charge in [-0.3, -0.25) is 9.78 Å². The lowest BCUT2D eigenvalue weighted by atomic mass is 10.2. The number of nitrogens with zero attached hydrogens (tertiary/aromatic N) is 1. The Morgan fingerprint density at radius 1 is 1.07 bits per heavy atom. The molecule has 2 N–H and O–H groups in total. The fourth-order valence-electron chi connectivity index (χ4n) is 2.19. The first-order chi connectivity index (χ1) is 13.8. The molecule has 0 spiro atoms. The van der Waals surface area contributed by atoms with Crippen LogP contribution < -0.4 is 10.1 Å². The second kappa shape index (κ2) is 10.9. The summed E-state index contributed by atoms with van der Waals surface area (Å²) in [5.41, 5.74) is 1.23. The zero-order chi connectivity index (χ0) is 21.4. The number of amides is 1. The molecule has 3 aromatic rings. The van der Waals surface area contributed by atoms with Crippen LogP contribution in [-0.4, -0.2) is 28.6 Å². The molecule has 0 unspecified atom stereocenters. The predicted octanol–water partition coefficient (Wildman–Crippen LogP) is 5.69. The molecule has 2 aromatic carbocycles. The first-order valence-electron chi connectivity index (χ1n) is 8.44. The topological polar surface area (TPSA) is 88.5 Å². The summed E-state index contributed by atoms with van der Waals surface area (Å²) in [6.45, 7) is 1.39. The third-order valence-electron chi connectivity index (χ3n) is 3.56. The molecule has 9 heteroatoms. The van der Waals surface area contributed by atoms with Gasteiger partial charge in [-0.25, -0.2) is 4.79 Å². The lowest BCUT2D eigenvalue weighted by Gasteiger charge is -2.07. The van der Waals surface area contributed by atoms with Crippen LogP contribution in [0.3, 0.4) is 0 Å². The minimum absolute atomic E-state index is 0.0432. The van der Waals surface area contributed by atoms with E-state index in [2.05, 4.69) is 10.3 Å². The third-order valence-corrected chi connectivity index (χ3v) is 4.62. The van der Waals surface area contributed by atoms with Gasteiger partial charge in [0, 0.05) is 23.7 Å². The number of carboxylic acid groups (broad SMARTS) is 1. The number of fused-ring (bicyclic) bond motifs is 1. The van der Waals surface area contributed by atoms with Crippen LogP contribution in [0.15, 0.2) is 48.7 Å². The Morgan fingerprint density at radius 3 is 2.45 bits per heavy atom. The van der Waals surface area contributed by atoms with E-state index < -0.39 is 12.6 Å². The minimum Gasteiger partial charge on any atom is -0.480 e. The zero-order valence-electron chi connectivity index (χ0n) is 15.3. The van der Waals surface area contributed by atoms with Gasteiger partial charge in [-0.05, 0) is 42.5 Å². The average Bonchev–Trinajstić information content (AvgIpc) is 2.71. The van der Waals surface area contributed by atoms with Crippen molar-refractivity contribution in [3.05, 3.63) is 63.7 Å². The molecule has 0 radical (unpaired) electrons. The number of aromatic nitrogens is 1. The number of aliphatic carboxylic acids is 1. The first kappa shape index (κ1) is 22.7. The molecule has 6 nitrogen and oxygen atoms in total. The standard InChI is InChI=1S/C11H8ClNO3.C9H9Cl2NO/c12-8-3-4-9(16-6-10(14)15)11-7(8)2-1-5-13-11;1-2-9(13)12-6-3-4-7(10)8(11)5-6/h1-5H,6H2,(H,14,15);3-5H,2H2,1H3,(H,12,13). The highest BCUT2D eigenvalue weighted by Crippen LogP contribution is 2.29. The summed E-state index contributed by atoms with van der Waals surface area (Å²) in [6, 6.07) is 11.8.